The van der Waals surface area contributed by atoms with E-state index in [1.54, 1.807) is 18.2 Å². The number of anilines is 1. The summed E-state index contributed by atoms with van der Waals surface area (Å²) in [6, 6.07) is 5.12. The Kier molecular flexibility index (Phi) is 4.46. The molecule has 0 spiro atoms. The zero-order chi connectivity index (χ0) is 18.1. The third kappa shape index (κ3) is 3.10. The van der Waals surface area contributed by atoms with Gasteiger partial charge < -0.3 is 19.7 Å². The minimum absolute atomic E-state index is 0.0768. The molecular weight excluding hydrogens is 356 g/mol. The summed E-state index contributed by atoms with van der Waals surface area (Å²) in [5.74, 6) is 1.02. The van der Waals surface area contributed by atoms with Crippen molar-refractivity contribution >= 4 is 28.8 Å². The van der Waals surface area contributed by atoms with Gasteiger partial charge in [0.2, 0.25) is 17.7 Å². The van der Waals surface area contributed by atoms with Crippen LogP contribution in [0.25, 0.3) is 0 Å². The van der Waals surface area contributed by atoms with Gasteiger partial charge in [0.1, 0.15) is 5.01 Å². The molecule has 26 heavy (non-hydrogen) atoms. The molecule has 2 amide bonds. The fraction of sp³-hybridized carbons (Fsp3) is 0.412. The van der Waals surface area contributed by atoms with Gasteiger partial charge in [0.15, 0.2) is 11.5 Å². The first-order valence-corrected chi connectivity index (χ1v) is 9.31. The molecule has 8 nitrogen and oxygen atoms in total. The number of amides is 2. The highest BCUT2D eigenvalue weighted by atomic mass is 32.1. The van der Waals surface area contributed by atoms with E-state index in [0.29, 0.717) is 28.6 Å². The first-order valence-electron chi connectivity index (χ1n) is 8.49. The van der Waals surface area contributed by atoms with Crippen LogP contribution in [0.15, 0.2) is 18.2 Å². The number of aromatic nitrogens is 2. The molecule has 1 saturated heterocycles. The van der Waals surface area contributed by atoms with Gasteiger partial charge in [-0.2, -0.15) is 0 Å². The quantitative estimate of drug-likeness (QED) is 0.884. The molecule has 2 aromatic rings. The molecule has 0 saturated carbocycles. The van der Waals surface area contributed by atoms with E-state index < -0.39 is 0 Å². The summed E-state index contributed by atoms with van der Waals surface area (Å²) in [5, 5.41) is 11.9. The number of nitrogens with zero attached hydrogens (tertiary/aromatic N) is 3. The number of carbonyl (C=O) groups is 2. The molecule has 9 heteroatoms. The summed E-state index contributed by atoms with van der Waals surface area (Å²) in [5.41, 5.74) is 0.597. The monoisotopic (exact) mass is 374 g/mol. The van der Waals surface area contributed by atoms with Crippen molar-refractivity contribution in [1.29, 1.82) is 0 Å². The zero-order valence-corrected chi connectivity index (χ0v) is 15.0. The predicted molar refractivity (Wildman–Crippen MR) is 94.4 cm³/mol. The lowest BCUT2D eigenvalue weighted by atomic mass is 10.2. The number of likely N-dealkylation sites (tertiary alicyclic amines) is 1. The number of rotatable bonds is 4. The Morgan fingerprint density at radius 1 is 1.31 bits per heavy atom. The van der Waals surface area contributed by atoms with Crippen LogP contribution in [0.3, 0.4) is 0 Å². The van der Waals surface area contributed by atoms with Crippen LogP contribution in [0.4, 0.5) is 5.69 Å². The summed E-state index contributed by atoms with van der Waals surface area (Å²) < 4.78 is 10.6. The second-order valence-corrected chi connectivity index (χ2v) is 7.08. The molecule has 0 radical (unpaired) electrons. The van der Waals surface area contributed by atoms with Crippen molar-refractivity contribution in [1.82, 2.24) is 15.1 Å². The van der Waals surface area contributed by atoms with E-state index in [4.69, 9.17) is 9.47 Å². The predicted octanol–water partition coefficient (Wildman–Crippen LogP) is 2.59. The van der Waals surface area contributed by atoms with E-state index in [-0.39, 0.29) is 29.7 Å². The van der Waals surface area contributed by atoms with Crippen LogP contribution in [0, 0.1) is 0 Å². The number of ether oxygens (including phenoxy) is 2. The highest BCUT2D eigenvalue weighted by Crippen LogP contribution is 2.35. The number of carbonyl (C=O) groups excluding carboxylic acids is 2. The zero-order valence-electron chi connectivity index (χ0n) is 14.2. The number of hydrogen-bond acceptors (Lipinski definition) is 7. The third-order valence-electron chi connectivity index (χ3n) is 4.43. The van der Waals surface area contributed by atoms with Crippen molar-refractivity contribution in [2.75, 3.05) is 18.7 Å². The molecule has 2 aliphatic rings. The Morgan fingerprint density at radius 3 is 3.00 bits per heavy atom. The molecule has 0 unspecified atom stereocenters. The lowest BCUT2D eigenvalue weighted by molar-refractivity contribution is -0.131. The number of hydrogen-bond donors (Lipinski definition) is 1. The van der Waals surface area contributed by atoms with Crippen LogP contribution in [0.5, 0.6) is 11.5 Å². The Labute approximate surface area is 154 Å². The van der Waals surface area contributed by atoms with Gasteiger partial charge in [-0.3, -0.25) is 9.59 Å². The third-order valence-corrected chi connectivity index (χ3v) is 5.45. The molecule has 3 heterocycles. The van der Waals surface area contributed by atoms with Gasteiger partial charge in [-0.05, 0) is 25.0 Å². The molecule has 0 aliphatic carbocycles. The molecule has 0 bridgehead atoms. The van der Waals surface area contributed by atoms with Crippen LogP contribution in [0.2, 0.25) is 0 Å². The van der Waals surface area contributed by atoms with Crippen LogP contribution in [-0.4, -0.2) is 40.2 Å². The minimum Gasteiger partial charge on any atom is -0.454 e. The number of fused-ring (bicyclic) bond motifs is 1. The first-order chi connectivity index (χ1) is 12.7. The fourth-order valence-electron chi connectivity index (χ4n) is 3.14. The Morgan fingerprint density at radius 2 is 2.15 bits per heavy atom. The molecule has 2 aliphatic heterocycles. The minimum atomic E-state index is -0.334. The number of benzene rings is 1. The van der Waals surface area contributed by atoms with Crippen molar-refractivity contribution < 1.29 is 19.1 Å². The SMILES string of the molecule is CCC(=O)N1CCC[C@H]1c1nnc(C(=O)Nc2ccc3c(c2)OCO3)s1. The molecule has 1 fully saturated rings. The maximum atomic E-state index is 12.5. The molecule has 1 aromatic heterocycles. The molecule has 1 N–H and O–H groups in total. The molecular formula is C17H18N4O4S. The van der Waals surface area contributed by atoms with Gasteiger partial charge in [0.25, 0.3) is 5.91 Å². The molecule has 1 atom stereocenters. The van der Waals surface area contributed by atoms with Crippen molar-refractivity contribution in [3.8, 4) is 11.5 Å². The average molecular weight is 374 g/mol. The van der Waals surface area contributed by atoms with Crippen molar-refractivity contribution in [2.45, 2.75) is 32.2 Å². The maximum Gasteiger partial charge on any atom is 0.286 e. The Balaban J connectivity index is 1.47. The van der Waals surface area contributed by atoms with Crippen molar-refractivity contribution in [3.63, 3.8) is 0 Å². The van der Waals surface area contributed by atoms with E-state index in [2.05, 4.69) is 15.5 Å². The Hall–Kier alpha value is -2.68. The first kappa shape index (κ1) is 16.8. The van der Waals surface area contributed by atoms with Gasteiger partial charge in [0.05, 0.1) is 6.04 Å². The van der Waals surface area contributed by atoms with Crippen LogP contribution in [-0.2, 0) is 4.79 Å². The molecule has 1 aromatic carbocycles. The average Bonchev–Trinajstić information content (AvgIpc) is 3.38. The second kappa shape index (κ2) is 6.91. The topological polar surface area (TPSA) is 93.7 Å². The molecule has 136 valence electrons. The highest BCUT2D eigenvalue weighted by Gasteiger charge is 2.32. The number of nitrogens with one attached hydrogen (secondary N) is 1. The largest absolute Gasteiger partial charge is 0.454 e. The van der Waals surface area contributed by atoms with Crippen molar-refractivity contribution in [3.05, 3.63) is 28.2 Å². The van der Waals surface area contributed by atoms with Crippen LogP contribution < -0.4 is 14.8 Å². The van der Waals surface area contributed by atoms with E-state index in [0.717, 1.165) is 19.4 Å². The lowest BCUT2D eigenvalue weighted by Crippen LogP contribution is -2.29. The van der Waals surface area contributed by atoms with Gasteiger partial charge in [-0.15, -0.1) is 10.2 Å². The van der Waals surface area contributed by atoms with Crippen LogP contribution >= 0.6 is 11.3 Å². The smallest absolute Gasteiger partial charge is 0.286 e. The highest BCUT2D eigenvalue weighted by molar-refractivity contribution is 7.13. The fourth-order valence-corrected chi connectivity index (χ4v) is 4.03. The van der Waals surface area contributed by atoms with Gasteiger partial charge in [-0.25, -0.2) is 0 Å². The lowest BCUT2D eigenvalue weighted by Gasteiger charge is -2.21. The maximum absolute atomic E-state index is 12.5. The summed E-state index contributed by atoms with van der Waals surface area (Å²) in [4.78, 5) is 26.3. The van der Waals surface area contributed by atoms with Crippen molar-refractivity contribution in [2.24, 2.45) is 0 Å². The summed E-state index contributed by atoms with van der Waals surface area (Å²) in [7, 11) is 0. The van der Waals surface area contributed by atoms with Crippen LogP contribution in [0.1, 0.15) is 47.0 Å². The van der Waals surface area contributed by atoms with E-state index in [9.17, 15) is 9.59 Å². The summed E-state index contributed by atoms with van der Waals surface area (Å²) in [6.45, 7) is 2.76. The Bertz CT molecular complexity index is 853. The van der Waals surface area contributed by atoms with Gasteiger partial charge in [0, 0.05) is 24.7 Å². The van der Waals surface area contributed by atoms with Gasteiger partial charge in [-0.1, -0.05) is 18.3 Å². The van der Waals surface area contributed by atoms with E-state index >= 15 is 0 Å². The van der Waals surface area contributed by atoms with E-state index in [1.165, 1.54) is 11.3 Å². The normalized spacial score (nSPS) is 18.2. The summed E-state index contributed by atoms with van der Waals surface area (Å²) in [6.07, 6.45) is 2.26. The van der Waals surface area contributed by atoms with E-state index in [1.807, 2.05) is 11.8 Å². The summed E-state index contributed by atoms with van der Waals surface area (Å²) >= 11 is 1.23. The standard InChI is InChI=1S/C17H18N4O4S/c1-2-14(22)21-7-3-4-11(21)16-19-20-17(26-16)15(23)18-10-5-6-12-13(8-10)25-9-24-12/h5-6,8,11H,2-4,7,9H2,1H3,(H,18,23)/t11-/m0/s1. The second-order valence-electron chi connectivity index (χ2n) is 6.07. The van der Waals surface area contributed by atoms with Gasteiger partial charge >= 0.3 is 0 Å². The molecule has 4 rings (SSSR count).